The average Bonchev–Trinajstić information content (AvgIpc) is 2.22. The largest absolute Gasteiger partial charge is 0.390 e. The normalized spacial score (nSPS) is 38.6. The van der Waals surface area contributed by atoms with E-state index in [1.807, 2.05) is 13.8 Å². The fraction of sp³-hybridized carbons (Fsp3) is 0.800. The molecule has 1 N–H and O–H groups in total. The summed E-state index contributed by atoms with van der Waals surface area (Å²) in [7, 11) is 0. The van der Waals surface area contributed by atoms with E-state index in [-0.39, 0.29) is 11.3 Å². The highest BCUT2D eigenvalue weighted by Crippen LogP contribution is 2.52. The van der Waals surface area contributed by atoms with Crippen molar-refractivity contribution in [2.75, 3.05) is 0 Å². The zero-order valence-corrected chi connectivity index (χ0v) is 11.4. The molecule has 0 bridgehead atoms. The lowest BCUT2D eigenvalue weighted by Crippen LogP contribution is -2.44. The van der Waals surface area contributed by atoms with E-state index in [9.17, 15) is 9.90 Å². The van der Waals surface area contributed by atoms with E-state index >= 15 is 0 Å². The summed E-state index contributed by atoms with van der Waals surface area (Å²) in [6.07, 6.45) is 5.58. The first-order valence-corrected chi connectivity index (χ1v) is 6.71. The molecule has 0 unspecified atom stereocenters. The fourth-order valence-electron chi connectivity index (χ4n) is 3.44. The van der Waals surface area contributed by atoms with Crippen LogP contribution in [0.15, 0.2) is 11.6 Å². The summed E-state index contributed by atoms with van der Waals surface area (Å²) in [5.74, 6) is 1.14. The zero-order chi connectivity index (χ0) is 12.8. The second-order valence-electron chi connectivity index (χ2n) is 6.69. The lowest BCUT2D eigenvalue weighted by atomic mass is 9.56. The van der Waals surface area contributed by atoms with Gasteiger partial charge in [-0.25, -0.2) is 0 Å². The molecule has 96 valence electrons. The Morgan fingerprint density at radius 1 is 1.47 bits per heavy atom. The van der Waals surface area contributed by atoms with E-state index in [0.717, 1.165) is 24.8 Å². The molecule has 0 saturated heterocycles. The number of ketones is 1. The van der Waals surface area contributed by atoms with Gasteiger partial charge in [0, 0.05) is 6.42 Å². The molecule has 2 rings (SSSR count). The Balaban J connectivity index is 2.34. The molecule has 2 aliphatic carbocycles. The molecule has 0 radical (unpaired) electrons. The Bertz CT molecular complexity index is 362. The molecule has 0 aromatic rings. The van der Waals surface area contributed by atoms with E-state index in [0.29, 0.717) is 18.1 Å². The van der Waals surface area contributed by atoms with Gasteiger partial charge in [0.05, 0.1) is 5.60 Å². The molecule has 2 heteroatoms. The van der Waals surface area contributed by atoms with E-state index < -0.39 is 5.60 Å². The molecule has 3 atom stereocenters. The SMILES string of the molecule is C[C@@H]1CCC(=O)C2=CC[C@H](C(C)(C)O)C[C@]21C. The summed E-state index contributed by atoms with van der Waals surface area (Å²) in [6.45, 7) is 8.22. The maximum Gasteiger partial charge on any atom is 0.159 e. The van der Waals surface area contributed by atoms with Gasteiger partial charge in [0.25, 0.3) is 0 Å². The molecule has 0 aromatic carbocycles. The number of Topliss-reactive ketones (excluding diaryl/α,β-unsaturated/α-hetero) is 1. The Labute approximate surface area is 104 Å². The first kappa shape index (κ1) is 12.8. The molecule has 2 nitrogen and oxygen atoms in total. The third kappa shape index (κ3) is 2.08. The van der Waals surface area contributed by atoms with Crippen molar-refractivity contribution in [2.45, 2.75) is 59.0 Å². The molecule has 0 aromatic heterocycles. The summed E-state index contributed by atoms with van der Waals surface area (Å²) in [6, 6.07) is 0. The van der Waals surface area contributed by atoms with Crippen molar-refractivity contribution in [3.63, 3.8) is 0 Å². The minimum absolute atomic E-state index is 0.0156. The maximum atomic E-state index is 12.0. The van der Waals surface area contributed by atoms with Gasteiger partial charge in [0.2, 0.25) is 0 Å². The molecule has 1 fully saturated rings. The predicted octanol–water partition coefficient (Wildman–Crippen LogP) is 3.10. The van der Waals surface area contributed by atoms with Crippen molar-refractivity contribution >= 4 is 5.78 Å². The quantitative estimate of drug-likeness (QED) is 0.759. The Morgan fingerprint density at radius 3 is 2.71 bits per heavy atom. The van der Waals surface area contributed by atoms with E-state index in [2.05, 4.69) is 19.9 Å². The van der Waals surface area contributed by atoms with Crippen LogP contribution >= 0.6 is 0 Å². The van der Waals surface area contributed by atoms with Crippen LogP contribution in [0.3, 0.4) is 0 Å². The van der Waals surface area contributed by atoms with Crippen LogP contribution in [0.2, 0.25) is 0 Å². The van der Waals surface area contributed by atoms with Crippen LogP contribution in [0, 0.1) is 17.3 Å². The summed E-state index contributed by atoms with van der Waals surface area (Å²) in [4.78, 5) is 12.0. The molecule has 17 heavy (non-hydrogen) atoms. The Morgan fingerprint density at radius 2 is 2.12 bits per heavy atom. The van der Waals surface area contributed by atoms with Crippen molar-refractivity contribution in [2.24, 2.45) is 17.3 Å². The minimum Gasteiger partial charge on any atom is -0.390 e. The third-order valence-corrected chi connectivity index (χ3v) is 5.08. The monoisotopic (exact) mass is 236 g/mol. The van der Waals surface area contributed by atoms with Crippen molar-refractivity contribution in [1.82, 2.24) is 0 Å². The number of carbonyl (C=O) groups is 1. The first-order chi connectivity index (χ1) is 7.75. The summed E-state index contributed by atoms with van der Waals surface area (Å²) >= 11 is 0. The van der Waals surface area contributed by atoms with Crippen LogP contribution in [0.25, 0.3) is 0 Å². The topological polar surface area (TPSA) is 37.3 Å². The molecule has 0 amide bonds. The fourth-order valence-corrected chi connectivity index (χ4v) is 3.44. The van der Waals surface area contributed by atoms with Gasteiger partial charge >= 0.3 is 0 Å². The highest BCUT2D eigenvalue weighted by Gasteiger charge is 2.47. The van der Waals surface area contributed by atoms with E-state index in [1.165, 1.54) is 0 Å². The average molecular weight is 236 g/mol. The lowest BCUT2D eigenvalue weighted by Gasteiger charge is -2.48. The molecule has 0 aliphatic heterocycles. The van der Waals surface area contributed by atoms with Gasteiger partial charge in [-0.1, -0.05) is 19.9 Å². The second-order valence-corrected chi connectivity index (χ2v) is 6.69. The van der Waals surface area contributed by atoms with Gasteiger partial charge in [-0.2, -0.15) is 0 Å². The molecule has 0 heterocycles. The molecule has 1 saturated carbocycles. The zero-order valence-electron chi connectivity index (χ0n) is 11.4. The molecule has 0 spiro atoms. The van der Waals surface area contributed by atoms with Gasteiger partial charge < -0.3 is 5.11 Å². The predicted molar refractivity (Wildman–Crippen MR) is 68.6 cm³/mol. The highest BCUT2D eigenvalue weighted by molar-refractivity contribution is 5.97. The number of hydrogen-bond donors (Lipinski definition) is 1. The molecule has 2 aliphatic rings. The van der Waals surface area contributed by atoms with Crippen LogP contribution in [0.4, 0.5) is 0 Å². The number of aliphatic hydroxyl groups is 1. The summed E-state index contributed by atoms with van der Waals surface area (Å²) in [5.41, 5.74) is 0.375. The lowest BCUT2D eigenvalue weighted by molar-refractivity contribution is -0.120. The summed E-state index contributed by atoms with van der Waals surface area (Å²) in [5, 5.41) is 10.2. The van der Waals surface area contributed by atoms with Crippen LogP contribution < -0.4 is 0 Å². The van der Waals surface area contributed by atoms with E-state index in [4.69, 9.17) is 0 Å². The van der Waals surface area contributed by atoms with Crippen LogP contribution in [-0.2, 0) is 4.79 Å². The molecular formula is C15H24O2. The number of hydrogen-bond acceptors (Lipinski definition) is 2. The standard InChI is InChI=1S/C15H24O2/c1-10-5-8-13(16)12-7-6-11(14(2,3)17)9-15(10,12)4/h7,10-11,17H,5-6,8-9H2,1-4H3/t10-,11+,15+/m1/s1. The van der Waals surface area contributed by atoms with Gasteiger partial charge in [0.1, 0.15) is 0 Å². The van der Waals surface area contributed by atoms with Crippen molar-refractivity contribution in [3.05, 3.63) is 11.6 Å². The maximum absolute atomic E-state index is 12.0. The van der Waals surface area contributed by atoms with Crippen LogP contribution in [0.1, 0.15) is 53.4 Å². The van der Waals surface area contributed by atoms with E-state index in [1.54, 1.807) is 0 Å². The van der Waals surface area contributed by atoms with Gasteiger partial charge in [-0.05, 0) is 55.9 Å². The Hall–Kier alpha value is -0.630. The number of fused-ring (bicyclic) bond motifs is 1. The van der Waals surface area contributed by atoms with Gasteiger partial charge in [-0.15, -0.1) is 0 Å². The highest BCUT2D eigenvalue weighted by atomic mass is 16.3. The number of allylic oxidation sites excluding steroid dienone is 2. The van der Waals surface area contributed by atoms with Gasteiger partial charge in [-0.3, -0.25) is 4.79 Å². The van der Waals surface area contributed by atoms with Crippen LogP contribution in [0.5, 0.6) is 0 Å². The van der Waals surface area contributed by atoms with Crippen LogP contribution in [-0.4, -0.2) is 16.5 Å². The van der Waals surface area contributed by atoms with Gasteiger partial charge in [0.15, 0.2) is 5.78 Å². The summed E-state index contributed by atoms with van der Waals surface area (Å²) < 4.78 is 0. The minimum atomic E-state index is -0.648. The number of rotatable bonds is 1. The van der Waals surface area contributed by atoms with Crippen molar-refractivity contribution in [1.29, 1.82) is 0 Å². The molecular weight excluding hydrogens is 212 g/mol. The Kier molecular flexibility index (Phi) is 2.97. The third-order valence-electron chi connectivity index (χ3n) is 5.08. The van der Waals surface area contributed by atoms with Crippen molar-refractivity contribution < 1.29 is 9.90 Å². The first-order valence-electron chi connectivity index (χ1n) is 6.71. The number of carbonyl (C=O) groups excluding carboxylic acids is 1. The van der Waals surface area contributed by atoms with Crippen molar-refractivity contribution in [3.8, 4) is 0 Å². The second kappa shape index (κ2) is 3.94. The smallest absolute Gasteiger partial charge is 0.159 e.